The van der Waals surface area contributed by atoms with Gasteiger partial charge in [0, 0.05) is 25.0 Å². The number of fused-ring (bicyclic) bond motifs is 2. The van der Waals surface area contributed by atoms with Gasteiger partial charge in [-0.05, 0) is 38.8 Å². The van der Waals surface area contributed by atoms with Gasteiger partial charge in [-0.15, -0.1) is 0 Å². The number of benzene rings is 1. The standard InChI is InChI=1S/C21H30F2O4/c1-6-24-14(4)26-19-10-20(5)18(11-21(19,27-20)13(2)3)25-12-15-16(22)8-7-9-17(15)23/h7-9,13-14,18-19H,6,10-12H2,1-5H3/t14?,18-,19+,20+,21-/m1/s1. The first kappa shape index (κ1) is 20.6. The topological polar surface area (TPSA) is 36.9 Å². The minimum absolute atomic E-state index is 0.0414. The highest BCUT2D eigenvalue weighted by atomic mass is 19.1. The molecule has 0 N–H and O–H groups in total. The van der Waals surface area contributed by atoms with Gasteiger partial charge < -0.3 is 18.9 Å². The Hall–Kier alpha value is -1.08. The van der Waals surface area contributed by atoms with Crippen molar-refractivity contribution in [2.75, 3.05) is 6.61 Å². The fourth-order valence-corrected chi connectivity index (χ4v) is 4.44. The first-order valence-corrected chi connectivity index (χ1v) is 9.73. The maximum Gasteiger partial charge on any atom is 0.155 e. The minimum Gasteiger partial charge on any atom is -0.370 e. The van der Waals surface area contributed by atoms with Gasteiger partial charge in [-0.2, -0.15) is 0 Å². The summed E-state index contributed by atoms with van der Waals surface area (Å²) in [5.74, 6) is -0.971. The molecule has 1 aromatic carbocycles. The summed E-state index contributed by atoms with van der Waals surface area (Å²) in [5, 5.41) is 0. The van der Waals surface area contributed by atoms with E-state index in [1.54, 1.807) is 0 Å². The molecule has 2 bridgehead atoms. The van der Waals surface area contributed by atoms with E-state index in [-0.39, 0.29) is 36.6 Å². The second-order valence-corrected chi connectivity index (χ2v) is 8.08. The van der Waals surface area contributed by atoms with Crippen molar-refractivity contribution in [2.24, 2.45) is 5.92 Å². The van der Waals surface area contributed by atoms with Gasteiger partial charge in [-0.25, -0.2) is 8.78 Å². The first-order valence-electron chi connectivity index (χ1n) is 9.73. The van der Waals surface area contributed by atoms with Crippen LogP contribution in [0.25, 0.3) is 0 Å². The van der Waals surface area contributed by atoms with Crippen LogP contribution in [0, 0.1) is 17.6 Å². The summed E-state index contributed by atoms with van der Waals surface area (Å²) < 4.78 is 51.9. The first-order chi connectivity index (χ1) is 12.7. The van der Waals surface area contributed by atoms with Crippen LogP contribution in [0.2, 0.25) is 0 Å². The summed E-state index contributed by atoms with van der Waals surface area (Å²) in [7, 11) is 0. The smallest absolute Gasteiger partial charge is 0.155 e. The molecule has 3 rings (SSSR count). The Morgan fingerprint density at radius 3 is 2.41 bits per heavy atom. The highest BCUT2D eigenvalue weighted by Crippen LogP contribution is 2.56. The van der Waals surface area contributed by atoms with Gasteiger partial charge in [-0.3, -0.25) is 0 Å². The van der Waals surface area contributed by atoms with Gasteiger partial charge in [0.05, 0.1) is 24.4 Å². The molecular formula is C21H30F2O4. The minimum atomic E-state index is -0.588. The van der Waals surface area contributed by atoms with Gasteiger partial charge in [0.2, 0.25) is 0 Å². The van der Waals surface area contributed by atoms with Gasteiger partial charge in [-0.1, -0.05) is 19.9 Å². The lowest BCUT2D eigenvalue weighted by atomic mass is 9.73. The van der Waals surface area contributed by atoms with Crippen LogP contribution < -0.4 is 0 Å². The van der Waals surface area contributed by atoms with Crippen molar-refractivity contribution >= 4 is 0 Å². The molecule has 1 unspecified atom stereocenters. The van der Waals surface area contributed by atoms with E-state index in [2.05, 4.69) is 13.8 Å². The highest BCUT2D eigenvalue weighted by Gasteiger charge is 2.66. The van der Waals surface area contributed by atoms with Gasteiger partial charge in [0.15, 0.2) is 6.29 Å². The monoisotopic (exact) mass is 384 g/mol. The Bertz CT molecular complexity index is 647. The third kappa shape index (κ3) is 3.77. The maximum atomic E-state index is 13.9. The van der Waals surface area contributed by atoms with E-state index in [4.69, 9.17) is 18.9 Å². The second-order valence-electron chi connectivity index (χ2n) is 8.08. The Morgan fingerprint density at radius 2 is 1.81 bits per heavy atom. The normalized spacial score (nSPS) is 33.8. The third-order valence-electron chi connectivity index (χ3n) is 5.97. The molecule has 0 saturated carbocycles. The van der Waals surface area contributed by atoms with Gasteiger partial charge in [0.1, 0.15) is 17.2 Å². The Labute approximate surface area is 160 Å². The number of ether oxygens (including phenoxy) is 4. The van der Waals surface area contributed by atoms with Crippen LogP contribution in [0.1, 0.15) is 53.0 Å². The molecule has 0 radical (unpaired) electrons. The zero-order valence-electron chi connectivity index (χ0n) is 16.8. The van der Waals surface area contributed by atoms with E-state index in [1.807, 2.05) is 20.8 Å². The van der Waals surface area contributed by atoms with Gasteiger partial charge >= 0.3 is 0 Å². The second kappa shape index (κ2) is 7.74. The average Bonchev–Trinajstić information content (AvgIpc) is 3.03. The molecule has 5 atom stereocenters. The van der Waals surface area contributed by atoms with Crippen LogP contribution in [0.15, 0.2) is 18.2 Å². The van der Waals surface area contributed by atoms with Crippen LogP contribution >= 0.6 is 0 Å². The zero-order valence-corrected chi connectivity index (χ0v) is 16.8. The maximum absolute atomic E-state index is 13.9. The molecule has 2 aliphatic rings. The number of halogens is 2. The SMILES string of the molecule is CCOC(C)O[C@H]1C[C@]2(C)O[C@@]1(C(C)C)C[C@H]2OCc1c(F)cccc1F. The van der Waals surface area contributed by atoms with Crippen molar-refractivity contribution in [3.05, 3.63) is 35.4 Å². The molecule has 4 nitrogen and oxygen atoms in total. The molecular weight excluding hydrogens is 354 g/mol. The van der Waals surface area contributed by atoms with Crippen molar-refractivity contribution in [3.8, 4) is 0 Å². The molecule has 2 aliphatic heterocycles. The lowest BCUT2D eigenvalue weighted by Crippen LogP contribution is -2.50. The van der Waals surface area contributed by atoms with E-state index in [9.17, 15) is 8.78 Å². The molecule has 0 amide bonds. The molecule has 0 spiro atoms. The average molecular weight is 384 g/mol. The summed E-state index contributed by atoms with van der Waals surface area (Å²) in [5.41, 5.74) is -1.08. The van der Waals surface area contributed by atoms with Crippen molar-refractivity contribution in [2.45, 2.75) is 83.8 Å². The van der Waals surface area contributed by atoms with Crippen molar-refractivity contribution in [3.63, 3.8) is 0 Å². The Balaban J connectivity index is 1.73. The number of hydrogen-bond acceptors (Lipinski definition) is 4. The molecule has 2 saturated heterocycles. The van der Waals surface area contributed by atoms with E-state index >= 15 is 0 Å². The van der Waals surface area contributed by atoms with Crippen LogP contribution in [0.4, 0.5) is 8.78 Å². The van der Waals surface area contributed by atoms with Crippen LogP contribution in [0.5, 0.6) is 0 Å². The summed E-state index contributed by atoms with van der Waals surface area (Å²) in [4.78, 5) is 0. The molecule has 152 valence electrons. The van der Waals surface area contributed by atoms with E-state index in [1.165, 1.54) is 18.2 Å². The van der Waals surface area contributed by atoms with E-state index in [0.29, 0.717) is 19.4 Å². The van der Waals surface area contributed by atoms with Gasteiger partial charge in [0.25, 0.3) is 0 Å². The van der Waals surface area contributed by atoms with Crippen LogP contribution in [0.3, 0.4) is 0 Å². The Morgan fingerprint density at radius 1 is 1.15 bits per heavy atom. The Kier molecular flexibility index (Phi) is 5.92. The summed E-state index contributed by atoms with van der Waals surface area (Å²) in [6.45, 7) is 10.5. The summed E-state index contributed by atoms with van der Waals surface area (Å²) >= 11 is 0. The molecule has 1 aromatic rings. The number of rotatable bonds is 8. The molecule has 0 aromatic heterocycles. The lowest BCUT2D eigenvalue weighted by Gasteiger charge is -2.39. The van der Waals surface area contributed by atoms with Crippen molar-refractivity contribution in [1.29, 1.82) is 0 Å². The van der Waals surface area contributed by atoms with E-state index < -0.39 is 22.8 Å². The largest absolute Gasteiger partial charge is 0.370 e. The quantitative estimate of drug-likeness (QED) is 0.614. The van der Waals surface area contributed by atoms with Crippen molar-refractivity contribution in [1.82, 2.24) is 0 Å². The predicted octanol–water partition coefficient (Wildman–Crippen LogP) is 4.60. The molecule has 27 heavy (non-hydrogen) atoms. The van der Waals surface area contributed by atoms with Crippen LogP contribution in [-0.2, 0) is 25.6 Å². The molecule has 0 aliphatic carbocycles. The predicted molar refractivity (Wildman–Crippen MR) is 97.2 cm³/mol. The fraction of sp³-hybridized carbons (Fsp3) is 0.714. The van der Waals surface area contributed by atoms with E-state index in [0.717, 1.165) is 0 Å². The molecule has 2 heterocycles. The summed E-state index contributed by atoms with van der Waals surface area (Å²) in [6, 6.07) is 3.84. The van der Waals surface area contributed by atoms with Crippen molar-refractivity contribution < 1.29 is 27.7 Å². The zero-order chi connectivity index (χ0) is 19.8. The molecule has 6 heteroatoms. The fourth-order valence-electron chi connectivity index (χ4n) is 4.44. The third-order valence-corrected chi connectivity index (χ3v) is 5.97. The highest BCUT2D eigenvalue weighted by molar-refractivity contribution is 5.20. The molecule has 2 fully saturated rings. The lowest BCUT2D eigenvalue weighted by molar-refractivity contribution is -0.199. The number of hydrogen-bond donors (Lipinski definition) is 0. The summed E-state index contributed by atoms with van der Waals surface area (Å²) in [6.07, 6.45) is 0.623. The van der Waals surface area contributed by atoms with Crippen LogP contribution in [-0.4, -0.2) is 36.3 Å².